The average Bonchev–Trinajstić information content (AvgIpc) is 2.10. The van der Waals surface area contributed by atoms with E-state index in [9.17, 15) is 4.79 Å². The first-order chi connectivity index (χ1) is 5.91. The van der Waals surface area contributed by atoms with Crippen molar-refractivity contribution in [1.29, 1.82) is 0 Å². The lowest BCUT2D eigenvalue weighted by molar-refractivity contribution is 0.569. The molecule has 0 aromatic heterocycles. The zero-order valence-electron chi connectivity index (χ0n) is 7.88. The second kappa shape index (κ2) is 10.2. The standard InChI is InChI=1S/C11H18O/c1-2-3-4-5-6-7-8-9-10-11-12/h8-10H,2-7H2,1H3. The SMILES string of the molecule is CCCCCCCC=CC=C=O. The number of unbranched alkanes of at least 4 members (excludes halogenated alkanes) is 5. The lowest BCUT2D eigenvalue weighted by Gasteiger charge is -1.95. The van der Waals surface area contributed by atoms with Crippen molar-refractivity contribution in [3.05, 3.63) is 18.2 Å². The summed E-state index contributed by atoms with van der Waals surface area (Å²) in [6.45, 7) is 2.22. The molecule has 0 radical (unpaired) electrons. The van der Waals surface area contributed by atoms with Gasteiger partial charge in [0.15, 0.2) is 0 Å². The maximum absolute atomic E-state index is 9.75. The normalized spacial score (nSPS) is 10.1. The molecule has 1 heteroatoms. The molecule has 0 atom stereocenters. The molecular weight excluding hydrogens is 148 g/mol. The molecule has 0 bridgehead atoms. The van der Waals surface area contributed by atoms with E-state index in [1.54, 1.807) is 12.0 Å². The summed E-state index contributed by atoms with van der Waals surface area (Å²) < 4.78 is 0. The number of allylic oxidation sites excluding steroid dienone is 3. The Bertz CT molecular complexity index is 152. The van der Waals surface area contributed by atoms with Gasteiger partial charge in [-0.05, 0) is 12.8 Å². The van der Waals surface area contributed by atoms with Gasteiger partial charge in [-0.1, -0.05) is 44.8 Å². The Balaban J connectivity index is 3.04. The van der Waals surface area contributed by atoms with E-state index in [4.69, 9.17) is 0 Å². The summed E-state index contributed by atoms with van der Waals surface area (Å²) in [5, 5.41) is 0. The van der Waals surface area contributed by atoms with Gasteiger partial charge in [0, 0.05) is 6.08 Å². The van der Waals surface area contributed by atoms with Crippen LogP contribution >= 0.6 is 0 Å². The van der Waals surface area contributed by atoms with E-state index in [0.29, 0.717) is 0 Å². The third kappa shape index (κ3) is 9.19. The van der Waals surface area contributed by atoms with Gasteiger partial charge in [0.2, 0.25) is 0 Å². The van der Waals surface area contributed by atoms with Crippen LogP contribution in [0.15, 0.2) is 18.2 Å². The van der Waals surface area contributed by atoms with Gasteiger partial charge in [-0.15, -0.1) is 0 Å². The van der Waals surface area contributed by atoms with Crippen LogP contribution in [-0.4, -0.2) is 5.94 Å². The quantitative estimate of drug-likeness (QED) is 0.322. The van der Waals surface area contributed by atoms with Gasteiger partial charge in [-0.3, -0.25) is 0 Å². The second-order valence-electron chi connectivity index (χ2n) is 2.92. The first-order valence-electron chi connectivity index (χ1n) is 4.77. The Hall–Kier alpha value is -0.810. The molecule has 1 nitrogen and oxygen atoms in total. The molecule has 0 amide bonds. The second-order valence-corrected chi connectivity index (χ2v) is 2.92. The molecule has 0 N–H and O–H groups in total. The number of carbonyl (C=O) groups excluding carboxylic acids is 1. The average molecular weight is 166 g/mol. The molecule has 0 aliphatic carbocycles. The van der Waals surface area contributed by atoms with Crippen LogP contribution in [0.4, 0.5) is 0 Å². The summed E-state index contributed by atoms with van der Waals surface area (Å²) in [4.78, 5) is 9.75. The summed E-state index contributed by atoms with van der Waals surface area (Å²) in [5.41, 5.74) is 0. The van der Waals surface area contributed by atoms with Crippen molar-refractivity contribution >= 4 is 5.94 Å². The molecule has 0 spiro atoms. The minimum atomic E-state index is 1.09. The van der Waals surface area contributed by atoms with E-state index < -0.39 is 0 Å². The van der Waals surface area contributed by atoms with E-state index in [-0.39, 0.29) is 0 Å². The van der Waals surface area contributed by atoms with E-state index in [0.717, 1.165) is 6.42 Å². The Morgan fingerprint density at radius 2 is 1.92 bits per heavy atom. The van der Waals surface area contributed by atoms with E-state index in [2.05, 4.69) is 6.92 Å². The molecule has 0 saturated carbocycles. The summed E-state index contributed by atoms with van der Waals surface area (Å²) >= 11 is 0. The van der Waals surface area contributed by atoms with Crippen LogP contribution < -0.4 is 0 Å². The van der Waals surface area contributed by atoms with Crippen molar-refractivity contribution in [2.24, 2.45) is 0 Å². The van der Waals surface area contributed by atoms with Crippen molar-refractivity contribution in [2.45, 2.75) is 45.4 Å². The topological polar surface area (TPSA) is 17.1 Å². The highest BCUT2D eigenvalue weighted by atomic mass is 16.1. The van der Waals surface area contributed by atoms with Crippen molar-refractivity contribution < 1.29 is 4.79 Å². The molecule has 0 fully saturated rings. The molecule has 0 aliphatic heterocycles. The number of rotatable bonds is 7. The molecule has 0 rings (SSSR count). The zero-order valence-corrected chi connectivity index (χ0v) is 7.88. The Kier molecular flexibility index (Phi) is 9.50. The maximum Gasteiger partial charge on any atom is 0.124 e. The van der Waals surface area contributed by atoms with Gasteiger partial charge < -0.3 is 0 Å². The molecule has 0 unspecified atom stereocenters. The monoisotopic (exact) mass is 166 g/mol. The molecular formula is C11H18O. The van der Waals surface area contributed by atoms with Gasteiger partial charge in [0.25, 0.3) is 0 Å². The van der Waals surface area contributed by atoms with Gasteiger partial charge in [-0.25, -0.2) is 4.79 Å². The van der Waals surface area contributed by atoms with E-state index >= 15 is 0 Å². The molecule has 0 aromatic rings. The molecule has 0 aromatic carbocycles. The van der Waals surface area contributed by atoms with E-state index in [1.807, 2.05) is 6.08 Å². The summed E-state index contributed by atoms with van der Waals surface area (Å²) in [7, 11) is 0. The highest BCUT2D eigenvalue weighted by Crippen LogP contribution is 2.04. The van der Waals surface area contributed by atoms with Gasteiger partial charge >= 0.3 is 0 Å². The molecule has 0 heterocycles. The first kappa shape index (κ1) is 11.2. The van der Waals surface area contributed by atoms with Crippen LogP contribution in [-0.2, 0) is 4.79 Å². The van der Waals surface area contributed by atoms with Crippen LogP contribution in [0.5, 0.6) is 0 Å². The fourth-order valence-electron chi connectivity index (χ4n) is 1.07. The van der Waals surface area contributed by atoms with Crippen molar-refractivity contribution in [1.82, 2.24) is 0 Å². The van der Waals surface area contributed by atoms with Crippen LogP contribution in [0, 0.1) is 0 Å². The minimum Gasteiger partial charge on any atom is -0.234 e. The highest BCUT2D eigenvalue weighted by molar-refractivity contribution is 5.48. The number of hydrogen-bond acceptors (Lipinski definition) is 1. The highest BCUT2D eigenvalue weighted by Gasteiger charge is 1.85. The van der Waals surface area contributed by atoms with Crippen LogP contribution in [0.1, 0.15) is 45.4 Å². The Labute approximate surface area is 75.2 Å². The molecule has 0 saturated heterocycles. The van der Waals surface area contributed by atoms with Crippen molar-refractivity contribution in [2.75, 3.05) is 0 Å². The fourth-order valence-corrected chi connectivity index (χ4v) is 1.07. The van der Waals surface area contributed by atoms with Crippen LogP contribution in [0.2, 0.25) is 0 Å². The van der Waals surface area contributed by atoms with Crippen molar-refractivity contribution in [3.8, 4) is 0 Å². The summed E-state index contributed by atoms with van der Waals surface area (Å²) in [6, 6.07) is 0. The first-order valence-corrected chi connectivity index (χ1v) is 4.77. The fraction of sp³-hybridized carbons (Fsp3) is 0.636. The van der Waals surface area contributed by atoms with Gasteiger partial charge in [-0.2, -0.15) is 0 Å². The maximum atomic E-state index is 9.75. The molecule has 0 aliphatic rings. The zero-order chi connectivity index (χ0) is 9.07. The largest absolute Gasteiger partial charge is 0.234 e. The lowest BCUT2D eigenvalue weighted by Crippen LogP contribution is -1.75. The van der Waals surface area contributed by atoms with Crippen LogP contribution in [0.3, 0.4) is 0 Å². The van der Waals surface area contributed by atoms with Crippen LogP contribution in [0.25, 0.3) is 0 Å². The van der Waals surface area contributed by atoms with E-state index in [1.165, 1.54) is 38.2 Å². The predicted octanol–water partition coefficient (Wildman–Crippen LogP) is 3.29. The van der Waals surface area contributed by atoms with Gasteiger partial charge in [0.05, 0.1) is 0 Å². The smallest absolute Gasteiger partial charge is 0.124 e. The lowest BCUT2D eigenvalue weighted by atomic mass is 10.1. The minimum absolute atomic E-state index is 1.09. The third-order valence-corrected chi connectivity index (χ3v) is 1.77. The number of hydrogen-bond donors (Lipinski definition) is 0. The third-order valence-electron chi connectivity index (χ3n) is 1.77. The molecule has 12 heavy (non-hydrogen) atoms. The predicted molar refractivity (Wildman–Crippen MR) is 52.8 cm³/mol. The Morgan fingerprint density at radius 1 is 1.17 bits per heavy atom. The van der Waals surface area contributed by atoms with Crippen molar-refractivity contribution in [3.63, 3.8) is 0 Å². The van der Waals surface area contributed by atoms with Gasteiger partial charge in [0.1, 0.15) is 5.94 Å². The molecule has 68 valence electrons. The summed E-state index contributed by atoms with van der Waals surface area (Å²) in [5.74, 6) is 1.72. The Morgan fingerprint density at radius 3 is 2.58 bits per heavy atom. The summed E-state index contributed by atoms with van der Waals surface area (Å²) in [6.07, 6.45) is 12.8.